The summed E-state index contributed by atoms with van der Waals surface area (Å²) < 4.78 is 0. The molecule has 0 amide bonds. The third-order valence-corrected chi connectivity index (χ3v) is 3.90. The second-order valence-electron chi connectivity index (χ2n) is 5.95. The molecule has 2 aromatic carbocycles. The Kier molecular flexibility index (Phi) is 4.75. The summed E-state index contributed by atoms with van der Waals surface area (Å²) >= 11 is 0. The number of aromatic nitrogens is 2. The molecular weight excluding hydrogens is 314 g/mol. The van der Waals surface area contributed by atoms with Crippen LogP contribution in [0.25, 0.3) is 11.4 Å². The van der Waals surface area contributed by atoms with E-state index in [0.717, 1.165) is 16.7 Å². The number of nitrogens with zero attached hydrogens (tertiary/aromatic N) is 3. The van der Waals surface area contributed by atoms with Gasteiger partial charge in [0, 0.05) is 25.4 Å². The number of hydrogen-bond acceptors (Lipinski definition) is 4. The van der Waals surface area contributed by atoms with Crippen LogP contribution in [0, 0.1) is 6.92 Å². The minimum atomic E-state index is -1.04. The molecule has 0 bridgehead atoms. The number of anilines is 1. The maximum absolute atomic E-state index is 11.6. The van der Waals surface area contributed by atoms with Gasteiger partial charge in [-0.1, -0.05) is 54.1 Å². The van der Waals surface area contributed by atoms with Gasteiger partial charge >= 0.3 is 5.97 Å². The average Bonchev–Trinajstić information content (AvgIpc) is 2.62. The molecule has 0 aliphatic rings. The normalized spacial score (nSPS) is 10.5. The van der Waals surface area contributed by atoms with Gasteiger partial charge in [-0.2, -0.15) is 0 Å². The maximum Gasteiger partial charge on any atom is 0.341 e. The lowest BCUT2D eigenvalue weighted by Crippen LogP contribution is -2.21. The summed E-state index contributed by atoms with van der Waals surface area (Å²) in [6.07, 6.45) is 1.38. The van der Waals surface area contributed by atoms with E-state index >= 15 is 0 Å². The summed E-state index contributed by atoms with van der Waals surface area (Å²) in [6.45, 7) is 2.56. The lowest BCUT2D eigenvalue weighted by Gasteiger charge is -2.20. The van der Waals surface area contributed by atoms with Gasteiger partial charge in [-0.3, -0.25) is 0 Å². The summed E-state index contributed by atoms with van der Waals surface area (Å²) in [4.78, 5) is 22.2. The molecule has 0 spiro atoms. The molecule has 1 aromatic heterocycles. The Hall–Kier alpha value is -3.21. The number of aromatic carboxylic acids is 1. The third-order valence-electron chi connectivity index (χ3n) is 3.90. The number of carbonyl (C=O) groups is 1. The van der Waals surface area contributed by atoms with Crippen molar-refractivity contribution in [2.75, 3.05) is 11.9 Å². The van der Waals surface area contributed by atoms with Gasteiger partial charge in [0.15, 0.2) is 5.82 Å². The predicted octanol–water partition coefficient (Wildman–Crippen LogP) is 3.79. The molecule has 25 heavy (non-hydrogen) atoms. The summed E-state index contributed by atoms with van der Waals surface area (Å²) in [5.41, 5.74) is 3.14. The number of carboxylic acids is 1. The highest BCUT2D eigenvalue weighted by molar-refractivity contribution is 5.93. The molecule has 5 heteroatoms. The molecular formula is C20H19N3O2. The first-order valence-corrected chi connectivity index (χ1v) is 7.97. The van der Waals surface area contributed by atoms with E-state index in [4.69, 9.17) is 0 Å². The van der Waals surface area contributed by atoms with Crippen molar-refractivity contribution in [2.24, 2.45) is 0 Å². The SMILES string of the molecule is Cc1cccc(-c2ncc(C(=O)O)c(N(C)Cc3ccccc3)n2)c1. The van der Waals surface area contributed by atoms with E-state index in [1.165, 1.54) is 6.20 Å². The Labute approximate surface area is 146 Å². The summed E-state index contributed by atoms with van der Waals surface area (Å²) in [7, 11) is 1.84. The van der Waals surface area contributed by atoms with Gasteiger partial charge in [0.25, 0.3) is 0 Å². The van der Waals surface area contributed by atoms with Crippen molar-refractivity contribution in [1.82, 2.24) is 9.97 Å². The molecule has 3 rings (SSSR count). The van der Waals surface area contributed by atoms with Crippen LogP contribution in [0.2, 0.25) is 0 Å². The summed E-state index contributed by atoms with van der Waals surface area (Å²) in [5.74, 6) is -0.114. The molecule has 0 saturated heterocycles. The van der Waals surface area contributed by atoms with Gasteiger partial charge in [0.05, 0.1) is 0 Å². The molecule has 126 valence electrons. The van der Waals surface area contributed by atoms with Gasteiger partial charge < -0.3 is 10.0 Å². The highest BCUT2D eigenvalue weighted by Gasteiger charge is 2.18. The number of aryl methyl sites for hydroxylation is 1. The Morgan fingerprint density at radius 1 is 1.12 bits per heavy atom. The lowest BCUT2D eigenvalue weighted by molar-refractivity contribution is 0.0696. The number of carboxylic acid groups (broad SMARTS) is 1. The zero-order valence-electron chi connectivity index (χ0n) is 14.2. The first-order chi connectivity index (χ1) is 12.0. The third kappa shape index (κ3) is 3.83. The average molecular weight is 333 g/mol. The highest BCUT2D eigenvalue weighted by Crippen LogP contribution is 2.23. The van der Waals surface area contributed by atoms with Crippen LogP contribution in [0.4, 0.5) is 5.82 Å². The number of hydrogen-bond donors (Lipinski definition) is 1. The topological polar surface area (TPSA) is 66.3 Å². The van der Waals surface area contributed by atoms with E-state index in [1.807, 2.05) is 73.5 Å². The molecule has 0 atom stereocenters. The zero-order chi connectivity index (χ0) is 17.8. The summed E-state index contributed by atoms with van der Waals surface area (Å²) in [5, 5.41) is 9.48. The molecule has 3 aromatic rings. The first kappa shape index (κ1) is 16.6. The van der Waals surface area contributed by atoms with Crippen LogP contribution in [0.3, 0.4) is 0 Å². The van der Waals surface area contributed by atoms with Gasteiger partial charge in [-0.25, -0.2) is 14.8 Å². The smallest absolute Gasteiger partial charge is 0.341 e. The van der Waals surface area contributed by atoms with E-state index < -0.39 is 5.97 Å². The van der Waals surface area contributed by atoms with Crippen LogP contribution in [-0.2, 0) is 6.54 Å². The van der Waals surface area contributed by atoms with Crippen LogP contribution in [-0.4, -0.2) is 28.1 Å². The Balaban J connectivity index is 2.00. The molecule has 1 N–H and O–H groups in total. The van der Waals surface area contributed by atoms with E-state index in [1.54, 1.807) is 0 Å². The van der Waals surface area contributed by atoms with Crippen molar-refractivity contribution in [3.63, 3.8) is 0 Å². The Morgan fingerprint density at radius 3 is 2.56 bits per heavy atom. The molecule has 0 saturated carbocycles. The van der Waals surface area contributed by atoms with Crippen molar-refractivity contribution >= 4 is 11.8 Å². The van der Waals surface area contributed by atoms with Crippen molar-refractivity contribution in [1.29, 1.82) is 0 Å². The van der Waals surface area contributed by atoms with Crippen LogP contribution >= 0.6 is 0 Å². The monoisotopic (exact) mass is 333 g/mol. The van der Waals surface area contributed by atoms with Crippen molar-refractivity contribution < 1.29 is 9.90 Å². The number of rotatable bonds is 5. The van der Waals surface area contributed by atoms with Gasteiger partial charge in [0.2, 0.25) is 0 Å². The Bertz CT molecular complexity index is 894. The second-order valence-corrected chi connectivity index (χ2v) is 5.95. The standard InChI is InChI=1S/C20H19N3O2/c1-14-7-6-10-16(11-14)18-21-12-17(20(24)25)19(22-18)23(2)13-15-8-4-3-5-9-15/h3-12H,13H2,1-2H3,(H,24,25). The van der Waals surface area contributed by atoms with E-state index in [9.17, 15) is 9.90 Å². The van der Waals surface area contributed by atoms with Crippen molar-refractivity contribution in [3.05, 3.63) is 77.5 Å². The minimum Gasteiger partial charge on any atom is -0.477 e. The fourth-order valence-corrected chi connectivity index (χ4v) is 2.67. The van der Waals surface area contributed by atoms with E-state index in [0.29, 0.717) is 18.2 Å². The van der Waals surface area contributed by atoms with Crippen LogP contribution in [0.5, 0.6) is 0 Å². The summed E-state index contributed by atoms with van der Waals surface area (Å²) in [6, 6.07) is 17.7. The maximum atomic E-state index is 11.6. The van der Waals surface area contributed by atoms with Crippen molar-refractivity contribution in [2.45, 2.75) is 13.5 Å². The molecule has 0 aliphatic carbocycles. The minimum absolute atomic E-state index is 0.0924. The molecule has 1 heterocycles. The molecule has 0 fully saturated rings. The van der Waals surface area contributed by atoms with Crippen LogP contribution in [0.1, 0.15) is 21.5 Å². The quantitative estimate of drug-likeness (QED) is 0.769. The molecule has 5 nitrogen and oxygen atoms in total. The van der Waals surface area contributed by atoms with Crippen LogP contribution < -0.4 is 4.90 Å². The fourth-order valence-electron chi connectivity index (χ4n) is 2.67. The largest absolute Gasteiger partial charge is 0.477 e. The van der Waals surface area contributed by atoms with Crippen LogP contribution in [0.15, 0.2) is 60.8 Å². The van der Waals surface area contributed by atoms with Gasteiger partial charge in [-0.15, -0.1) is 0 Å². The molecule has 0 radical (unpaired) electrons. The van der Waals surface area contributed by atoms with Crippen molar-refractivity contribution in [3.8, 4) is 11.4 Å². The van der Waals surface area contributed by atoms with Gasteiger partial charge in [-0.05, 0) is 18.6 Å². The van der Waals surface area contributed by atoms with E-state index in [2.05, 4.69) is 9.97 Å². The van der Waals surface area contributed by atoms with E-state index in [-0.39, 0.29) is 5.56 Å². The lowest BCUT2D eigenvalue weighted by atomic mass is 10.1. The highest BCUT2D eigenvalue weighted by atomic mass is 16.4. The molecule has 0 unspecified atom stereocenters. The Morgan fingerprint density at radius 2 is 1.88 bits per heavy atom. The first-order valence-electron chi connectivity index (χ1n) is 7.97. The fraction of sp³-hybridized carbons (Fsp3) is 0.150. The molecule has 0 aliphatic heterocycles. The predicted molar refractivity (Wildman–Crippen MR) is 97.7 cm³/mol. The second kappa shape index (κ2) is 7.13. The van der Waals surface area contributed by atoms with Gasteiger partial charge in [0.1, 0.15) is 11.4 Å². The zero-order valence-corrected chi connectivity index (χ0v) is 14.2. The number of benzene rings is 2.